The van der Waals surface area contributed by atoms with Gasteiger partial charge in [-0.1, -0.05) is 44.9 Å². The third-order valence-corrected chi connectivity index (χ3v) is 9.53. The summed E-state index contributed by atoms with van der Waals surface area (Å²) < 4.78 is 49.2. The van der Waals surface area contributed by atoms with E-state index in [2.05, 4.69) is 20.3 Å². The molecule has 0 bridgehead atoms. The monoisotopic (exact) mass is 724 g/mol. The Morgan fingerprint density at radius 3 is 2.50 bits per heavy atom. The Morgan fingerprint density at radius 2 is 1.75 bits per heavy atom. The van der Waals surface area contributed by atoms with E-state index < -0.39 is 24.2 Å². The number of hydrogen-bond acceptors (Lipinski definition) is 10. The lowest BCUT2D eigenvalue weighted by Gasteiger charge is -2.42. The second-order valence-electron chi connectivity index (χ2n) is 13.7. The number of unbranched alkanes of at least 4 members (excludes halogenated alkanes) is 8. The van der Waals surface area contributed by atoms with Crippen LogP contribution in [0.4, 0.5) is 24.7 Å². The maximum atomic E-state index is 14.9. The van der Waals surface area contributed by atoms with Crippen LogP contribution in [-0.2, 0) is 11.3 Å². The van der Waals surface area contributed by atoms with Crippen LogP contribution in [-0.4, -0.2) is 75.2 Å². The number of nitrogens with one attached hydrogen (secondary N) is 1. The molecule has 1 saturated heterocycles. The highest BCUT2D eigenvalue weighted by molar-refractivity contribution is 5.81. The first-order chi connectivity index (χ1) is 25.2. The van der Waals surface area contributed by atoms with E-state index in [1.807, 2.05) is 15.5 Å². The van der Waals surface area contributed by atoms with Crippen molar-refractivity contribution in [3.8, 4) is 17.0 Å². The van der Waals surface area contributed by atoms with Crippen LogP contribution in [0.3, 0.4) is 0 Å². The number of nitrogen functional groups attached to an aromatic ring is 1. The molecular weight excluding hydrogens is 673 g/mol. The van der Waals surface area contributed by atoms with Crippen molar-refractivity contribution >= 4 is 28.6 Å². The number of fused-ring (bicyclic) bond motifs is 1. The number of benzene rings is 1. The predicted molar refractivity (Wildman–Crippen MR) is 197 cm³/mol. The summed E-state index contributed by atoms with van der Waals surface area (Å²) in [5, 5.41) is 2.85. The first-order valence-electron chi connectivity index (χ1n) is 18.3. The van der Waals surface area contributed by atoms with Gasteiger partial charge in [0.05, 0.1) is 30.5 Å². The number of anilines is 2. The molecule has 12 nitrogen and oxygen atoms in total. The summed E-state index contributed by atoms with van der Waals surface area (Å²) in [6.07, 6.45) is 13.1. The smallest absolute Gasteiger partial charge is 0.257 e. The molecule has 1 amide bonds. The maximum Gasteiger partial charge on any atom is 0.257 e. The van der Waals surface area contributed by atoms with Crippen molar-refractivity contribution in [3.63, 3.8) is 0 Å². The van der Waals surface area contributed by atoms with Gasteiger partial charge in [-0.2, -0.15) is 0 Å². The Balaban J connectivity index is 1.25. The van der Waals surface area contributed by atoms with Gasteiger partial charge in [0, 0.05) is 37.2 Å². The summed E-state index contributed by atoms with van der Waals surface area (Å²) in [7, 11) is 0. The molecule has 7 N–H and O–H groups in total. The van der Waals surface area contributed by atoms with Crippen molar-refractivity contribution in [1.82, 2.24) is 29.8 Å². The van der Waals surface area contributed by atoms with E-state index in [0.29, 0.717) is 54.9 Å². The van der Waals surface area contributed by atoms with Gasteiger partial charge in [-0.15, -0.1) is 0 Å². The Labute approximate surface area is 302 Å². The normalized spacial score (nSPS) is 16.2. The minimum Gasteiger partial charge on any atom is -0.481 e. The minimum atomic E-state index is -2.52. The third-order valence-electron chi connectivity index (χ3n) is 9.53. The van der Waals surface area contributed by atoms with Crippen LogP contribution >= 0.6 is 0 Å². The van der Waals surface area contributed by atoms with Gasteiger partial charge < -0.3 is 36.7 Å². The number of aromatic nitrogens is 5. The number of imidazole rings is 1. The van der Waals surface area contributed by atoms with Gasteiger partial charge in [-0.3, -0.25) is 9.78 Å². The number of alkyl halides is 2. The van der Waals surface area contributed by atoms with Crippen molar-refractivity contribution in [1.29, 1.82) is 0 Å². The molecule has 3 aromatic heterocycles. The molecule has 0 spiro atoms. The number of halogens is 3. The fourth-order valence-corrected chi connectivity index (χ4v) is 6.80. The summed E-state index contributed by atoms with van der Waals surface area (Å²) in [6.45, 7) is 2.11. The van der Waals surface area contributed by atoms with E-state index in [9.17, 15) is 18.0 Å². The number of nitrogens with two attached hydrogens (primary N) is 3. The zero-order valence-electron chi connectivity index (χ0n) is 29.7. The second-order valence-corrected chi connectivity index (χ2v) is 13.7. The van der Waals surface area contributed by atoms with Crippen LogP contribution in [0.15, 0.2) is 43.1 Å². The lowest BCUT2D eigenvalue weighted by Crippen LogP contribution is -2.55. The van der Waals surface area contributed by atoms with Crippen LogP contribution in [0.25, 0.3) is 22.4 Å². The number of ether oxygens (including phenoxy) is 1. The van der Waals surface area contributed by atoms with Gasteiger partial charge in [-0.25, -0.2) is 28.1 Å². The summed E-state index contributed by atoms with van der Waals surface area (Å²) in [4.78, 5) is 31.9. The molecule has 1 atom stereocenters. The van der Waals surface area contributed by atoms with Crippen LogP contribution in [0.2, 0.25) is 0 Å². The Kier molecular flexibility index (Phi) is 14.0. The molecule has 15 heteroatoms. The quantitative estimate of drug-likeness (QED) is 0.0843. The highest BCUT2D eigenvalue weighted by Crippen LogP contribution is 2.34. The molecule has 0 radical (unpaired) electrons. The Hall–Kier alpha value is -4.50. The number of amides is 1. The van der Waals surface area contributed by atoms with E-state index in [4.69, 9.17) is 26.9 Å². The van der Waals surface area contributed by atoms with Crippen molar-refractivity contribution in [2.75, 3.05) is 43.4 Å². The third kappa shape index (κ3) is 10.8. The Bertz CT molecular complexity index is 1760. The first kappa shape index (κ1) is 38.7. The van der Waals surface area contributed by atoms with Crippen molar-refractivity contribution in [2.24, 2.45) is 11.5 Å². The van der Waals surface area contributed by atoms with Crippen molar-refractivity contribution in [2.45, 2.75) is 95.6 Å². The van der Waals surface area contributed by atoms with Gasteiger partial charge in [0.2, 0.25) is 6.43 Å². The van der Waals surface area contributed by atoms with E-state index >= 15 is 0 Å². The first-order valence-corrected chi connectivity index (χ1v) is 18.3. The lowest BCUT2D eigenvalue weighted by molar-refractivity contribution is -0.123. The molecule has 4 heterocycles. The fourth-order valence-electron chi connectivity index (χ4n) is 6.80. The van der Waals surface area contributed by atoms with Crippen molar-refractivity contribution < 1.29 is 22.7 Å². The molecule has 52 heavy (non-hydrogen) atoms. The van der Waals surface area contributed by atoms with Gasteiger partial charge in [0.15, 0.2) is 29.6 Å². The maximum absolute atomic E-state index is 14.9. The molecule has 0 saturated carbocycles. The largest absolute Gasteiger partial charge is 0.481 e. The number of piperidine rings is 1. The SMILES string of the molecule is NCCCCCCCCCCCNC(=O)COc1cc(-c2cc(Cn3cnc4c(N)ncnc43)c(N3CCCC(N)(CC(F)F)C3)cn2)ccc1F. The van der Waals surface area contributed by atoms with Gasteiger partial charge in [0.25, 0.3) is 5.91 Å². The van der Waals surface area contributed by atoms with Gasteiger partial charge in [-0.05, 0) is 62.1 Å². The minimum absolute atomic E-state index is 0.0738. The van der Waals surface area contributed by atoms with Crippen LogP contribution in [0.1, 0.15) is 82.6 Å². The van der Waals surface area contributed by atoms with E-state index in [0.717, 1.165) is 43.5 Å². The molecular formula is C37H51F3N10O2. The van der Waals surface area contributed by atoms with Gasteiger partial charge >= 0.3 is 0 Å². The Morgan fingerprint density at radius 1 is 1.00 bits per heavy atom. The summed E-state index contributed by atoms with van der Waals surface area (Å²) >= 11 is 0. The van der Waals surface area contributed by atoms with Crippen LogP contribution in [0.5, 0.6) is 5.75 Å². The van der Waals surface area contributed by atoms with E-state index in [1.165, 1.54) is 50.6 Å². The lowest BCUT2D eigenvalue weighted by atomic mass is 9.86. The molecule has 1 aliphatic heterocycles. The summed E-state index contributed by atoms with van der Waals surface area (Å²) in [5.41, 5.74) is 20.6. The van der Waals surface area contributed by atoms with Gasteiger partial charge in [0.1, 0.15) is 11.8 Å². The molecule has 282 valence electrons. The highest BCUT2D eigenvalue weighted by Gasteiger charge is 2.35. The number of carbonyl (C=O) groups is 1. The summed E-state index contributed by atoms with van der Waals surface area (Å²) in [6, 6.07) is 6.23. The second kappa shape index (κ2) is 18.8. The average Bonchev–Trinajstić information content (AvgIpc) is 3.53. The summed E-state index contributed by atoms with van der Waals surface area (Å²) in [5.74, 6) is -0.755. The van der Waals surface area contributed by atoms with Crippen molar-refractivity contribution in [3.05, 3.63) is 54.5 Å². The number of pyridine rings is 1. The molecule has 1 aliphatic rings. The standard InChI is InChI=1S/C37H51F3N10O2/c38-28-12-11-26(18-31(28)52-22-33(51)44-15-9-7-5-3-1-2-4-6-8-14-41)29-17-27(21-50-25-48-34-35(42)46-24-47-36(34)50)30(20-45-29)49-16-10-13-37(43,23-49)19-32(39)40/h11-12,17-18,20,24-25,32H,1-10,13-16,19,21-23,41,43H2,(H,44,51)(H2,42,46,47). The fraction of sp³-hybridized carbons (Fsp3) is 0.541. The molecule has 0 aliphatic carbocycles. The van der Waals surface area contributed by atoms with Crippen LogP contribution in [0, 0.1) is 5.82 Å². The topological polar surface area (TPSA) is 176 Å². The molecule has 1 aromatic carbocycles. The number of nitrogens with zero attached hydrogens (tertiary/aromatic N) is 6. The number of carbonyl (C=O) groups excluding carboxylic acids is 1. The zero-order chi connectivity index (χ0) is 36.9. The van der Waals surface area contributed by atoms with Crippen LogP contribution < -0.4 is 32.2 Å². The number of rotatable bonds is 20. The molecule has 5 rings (SSSR count). The zero-order valence-corrected chi connectivity index (χ0v) is 29.7. The van der Waals surface area contributed by atoms with E-state index in [1.54, 1.807) is 18.6 Å². The molecule has 4 aromatic rings. The highest BCUT2D eigenvalue weighted by atomic mass is 19.3. The average molecular weight is 725 g/mol. The molecule has 1 fully saturated rings. The molecule has 1 unspecified atom stereocenters. The number of hydrogen-bond donors (Lipinski definition) is 4. The van der Waals surface area contributed by atoms with E-state index in [-0.39, 0.29) is 30.6 Å². The predicted octanol–water partition coefficient (Wildman–Crippen LogP) is 5.58.